The predicted molar refractivity (Wildman–Crippen MR) is 74.5 cm³/mol. The summed E-state index contributed by atoms with van der Waals surface area (Å²) in [7, 11) is 0. The SMILES string of the molecule is O=C(COc1ccc(Br)cc1Br)NC1(CO)CC1. The number of carbonyl (C=O) groups is 1. The lowest BCUT2D eigenvalue weighted by molar-refractivity contribution is -0.124. The minimum absolute atomic E-state index is 0.0132. The smallest absolute Gasteiger partial charge is 0.258 e. The molecule has 2 N–H and O–H groups in total. The van der Waals surface area contributed by atoms with E-state index in [0.29, 0.717) is 5.75 Å². The van der Waals surface area contributed by atoms with Crippen molar-refractivity contribution < 1.29 is 14.6 Å². The third kappa shape index (κ3) is 3.46. The predicted octanol–water partition coefficient (Wildman–Crippen LogP) is 2.23. The number of amides is 1. The summed E-state index contributed by atoms with van der Waals surface area (Å²) in [5, 5.41) is 11.9. The van der Waals surface area contributed by atoms with Gasteiger partial charge in [0, 0.05) is 4.47 Å². The molecule has 1 aromatic rings. The van der Waals surface area contributed by atoms with Crippen LogP contribution in [-0.4, -0.2) is 29.8 Å². The van der Waals surface area contributed by atoms with Crippen LogP contribution in [0, 0.1) is 0 Å². The number of hydrogen-bond acceptors (Lipinski definition) is 3. The van der Waals surface area contributed by atoms with Gasteiger partial charge in [-0.05, 0) is 47.0 Å². The Morgan fingerprint density at radius 3 is 2.72 bits per heavy atom. The molecule has 0 atom stereocenters. The first-order valence-electron chi connectivity index (χ1n) is 5.54. The molecule has 6 heteroatoms. The molecule has 0 aromatic heterocycles. The Kier molecular flexibility index (Phi) is 4.29. The maximum Gasteiger partial charge on any atom is 0.258 e. The second kappa shape index (κ2) is 5.59. The van der Waals surface area contributed by atoms with Crippen molar-refractivity contribution in [2.24, 2.45) is 0 Å². The summed E-state index contributed by atoms with van der Waals surface area (Å²) in [6.45, 7) is -0.0668. The Morgan fingerprint density at radius 1 is 1.44 bits per heavy atom. The van der Waals surface area contributed by atoms with Crippen LogP contribution in [0.2, 0.25) is 0 Å². The quantitative estimate of drug-likeness (QED) is 0.825. The Morgan fingerprint density at radius 2 is 2.17 bits per heavy atom. The van der Waals surface area contributed by atoms with Crippen molar-refractivity contribution in [3.05, 3.63) is 27.1 Å². The van der Waals surface area contributed by atoms with Gasteiger partial charge in [0.05, 0.1) is 16.6 Å². The van der Waals surface area contributed by atoms with Gasteiger partial charge >= 0.3 is 0 Å². The highest BCUT2D eigenvalue weighted by Gasteiger charge is 2.43. The van der Waals surface area contributed by atoms with Crippen LogP contribution in [0.1, 0.15) is 12.8 Å². The molecule has 2 rings (SSSR count). The van der Waals surface area contributed by atoms with Gasteiger partial charge in [-0.15, -0.1) is 0 Å². The summed E-state index contributed by atoms with van der Waals surface area (Å²) in [6.07, 6.45) is 1.66. The summed E-state index contributed by atoms with van der Waals surface area (Å²) in [4.78, 5) is 11.6. The lowest BCUT2D eigenvalue weighted by Gasteiger charge is -2.15. The van der Waals surface area contributed by atoms with Crippen molar-refractivity contribution in [3.63, 3.8) is 0 Å². The highest BCUT2D eigenvalue weighted by molar-refractivity contribution is 9.11. The first kappa shape index (κ1) is 13.8. The van der Waals surface area contributed by atoms with Crippen molar-refractivity contribution in [2.75, 3.05) is 13.2 Å². The normalized spacial score (nSPS) is 16.2. The third-order valence-corrected chi connectivity index (χ3v) is 3.93. The molecule has 1 amide bonds. The van der Waals surface area contributed by atoms with Crippen molar-refractivity contribution in [1.29, 1.82) is 0 Å². The number of nitrogens with one attached hydrogen (secondary N) is 1. The van der Waals surface area contributed by atoms with E-state index in [4.69, 9.17) is 9.84 Å². The van der Waals surface area contributed by atoms with Crippen LogP contribution in [0.4, 0.5) is 0 Å². The molecular weight excluding hydrogens is 366 g/mol. The standard InChI is InChI=1S/C12H13Br2NO3/c13-8-1-2-10(9(14)5-8)18-6-11(17)15-12(7-16)3-4-12/h1-2,5,16H,3-4,6-7H2,(H,15,17). The summed E-state index contributed by atoms with van der Waals surface area (Å²) in [5.74, 6) is 0.401. The Bertz CT molecular complexity index is 461. The molecule has 0 radical (unpaired) electrons. The molecule has 1 aliphatic carbocycles. The average molecular weight is 379 g/mol. The highest BCUT2D eigenvalue weighted by atomic mass is 79.9. The molecule has 1 aromatic carbocycles. The number of halogens is 2. The monoisotopic (exact) mass is 377 g/mol. The van der Waals surface area contributed by atoms with E-state index in [0.717, 1.165) is 21.8 Å². The summed E-state index contributed by atoms with van der Waals surface area (Å²) in [6, 6.07) is 5.47. The van der Waals surface area contributed by atoms with Gasteiger partial charge in [0.25, 0.3) is 5.91 Å². The number of benzene rings is 1. The topological polar surface area (TPSA) is 58.6 Å². The van der Waals surface area contributed by atoms with Gasteiger partial charge < -0.3 is 15.2 Å². The van der Waals surface area contributed by atoms with E-state index in [1.54, 1.807) is 6.07 Å². The van der Waals surface area contributed by atoms with Crippen molar-refractivity contribution in [2.45, 2.75) is 18.4 Å². The first-order chi connectivity index (χ1) is 8.54. The fraction of sp³-hybridized carbons (Fsp3) is 0.417. The number of aliphatic hydroxyl groups excluding tert-OH is 1. The van der Waals surface area contributed by atoms with Crippen LogP contribution in [-0.2, 0) is 4.79 Å². The van der Waals surface area contributed by atoms with Crippen molar-refractivity contribution in [1.82, 2.24) is 5.32 Å². The maximum atomic E-state index is 11.6. The molecule has 0 heterocycles. The largest absolute Gasteiger partial charge is 0.483 e. The molecule has 0 aliphatic heterocycles. The van der Waals surface area contributed by atoms with Crippen molar-refractivity contribution in [3.8, 4) is 5.75 Å². The Balaban J connectivity index is 1.85. The van der Waals surface area contributed by atoms with E-state index in [9.17, 15) is 4.79 Å². The maximum absolute atomic E-state index is 11.6. The second-order valence-electron chi connectivity index (χ2n) is 4.35. The zero-order valence-electron chi connectivity index (χ0n) is 9.58. The minimum atomic E-state index is -0.391. The fourth-order valence-corrected chi connectivity index (χ4v) is 2.70. The number of aliphatic hydroxyl groups is 1. The van der Waals surface area contributed by atoms with Gasteiger partial charge in [0.15, 0.2) is 6.61 Å². The lowest BCUT2D eigenvalue weighted by Crippen LogP contribution is -2.42. The molecule has 1 aliphatic rings. The number of hydrogen-bond donors (Lipinski definition) is 2. The molecule has 1 saturated carbocycles. The molecule has 0 unspecified atom stereocenters. The highest BCUT2D eigenvalue weighted by Crippen LogP contribution is 2.34. The number of rotatable bonds is 5. The zero-order valence-corrected chi connectivity index (χ0v) is 12.8. The first-order valence-corrected chi connectivity index (χ1v) is 7.13. The molecule has 0 bridgehead atoms. The molecule has 0 spiro atoms. The van der Waals surface area contributed by atoms with Crippen LogP contribution < -0.4 is 10.1 Å². The molecule has 0 saturated heterocycles. The third-order valence-electron chi connectivity index (χ3n) is 2.81. The van der Waals surface area contributed by atoms with E-state index in [2.05, 4.69) is 37.2 Å². The van der Waals surface area contributed by atoms with Gasteiger partial charge in [-0.1, -0.05) is 15.9 Å². The molecule has 4 nitrogen and oxygen atoms in total. The van der Waals surface area contributed by atoms with Gasteiger partial charge in [0.2, 0.25) is 0 Å². The number of ether oxygens (including phenoxy) is 1. The Labute approximate surface area is 122 Å². The molecule has 98 valence electrons. The summed E-state index contributed by atoms with van der Waals surface area (Å²) in [5.41, 5.74) is -0.391. The van der Waals surface area contributed by atoms with E-state index < -0.39 is 5.54 Å². The summed E-state index contributed by atoms with van der Waals surface area (Å²) < 4.78 is 7.13. The van der Waals surface area contributed by atoms with E-state index >= 15 is 0 Å². The second-order valence-corrected chi connectivity index (χ2v) is 6.12. The fourth-order valence-electron chi connectivity index (χ4n) is 1.54. The van der Waals surface area contributed by atoms with E-state index in [1.165, 1.54) is 0 Å². The van der Waals surface area contributed by atoms with Gasteiger partial charge in [0.1, 0.15) is 5.75 Å². The van der Waals surface area contributed by atoms with E-state index in [1.807, 2.05) is 12.1 Å². The van der Waals surface area contributed by atoms with Gasteiger partial charge in [-0.25, -0.2) is 0 Å². The average Bonchev–Trinajstić information content (AvgIpc) is 3.08. The number of carbonyl (C=O) groups excluding carboxylic acids is 1. The zero-order chi connectivity index (χ0) is 13.2. The van der Waals surface area contributed by atoms with Crippen LogP contribution in [0.5, 0.6) is 5.75 Å². The Hall–Kier alpha value is -0.590. The van der Waals surface area contributed by atoms with Crippen LogP contribution in [0.3, 0.4) is 0 Å². The van der Waals surface area contributed by atoms with Gasteiger partial charge in [-0.3, -0.25) is 4.79 Å². The molecule has 1 fully saturated rings. The van der Waals surface area contributed by atoms with E-state index in [-0.39, 0.29) is 19.1 Å². The summed E-state index contributed by atoms with van der Waals surface area (Å²) >= 11 is 6.70. The lowest BCUT2D eigenvalue weighted by atomic mass is 10.3. The van der Waals surface area contributed by atoms with Crippen LogP contribution in [0.15, 0.2) is 27.1 Å². The molecular formula is C12H13Br2NO3. The molecule has 18 heavy (non-hydrogen) atoms. The minimum Gasteiger partial charge on any atom is -0.483 e. The van der Waals surface area contributed by atoms with Gasteiger partial charge in [-0.2, -0.15) is 0 Å². The van der Waals surface area contributed by atoms with Crippen LogP contribution >= 0.6 is 31.9 Å². The van der Waals surface area contributed by atoms with Crippen molar-refractivity contribution >= 4 is 37.8 Å². The van der Waals surface area contributed by atoms with Crippen LogP contribution in [0.25, 0.3) is 0 Å².